The molecule has 29 heavy (non-hydrogen) atoms. The molecule has 2 rings (SSSR count). The van der Waals surface area contributed by atoms with Gasteiger partial charge < -0.3 is 10.5 Å². The number of non-ortho nitro benzene ring substituents is 1. The average molecular weight is 469 g/mol. The number of hydrogen-bond acceptors (Lipinski definition) is 7. The number of ether oxygens (including phenoxy) is 1. The lowest BCUT2D eigenvalue weighted by atomic mass is 10.1. The molecule has 0 fully saturated rings. The van der Waals surface area contributed by atoms with Gasteiger partial charge in [-0.05, 0) is 40.2 Å². The van der Waals surface area contributed by atoms with Crippen LogP contribution in [0, 0.1) is 17.0 Å². The molecule has 0 aliphatic heterocycles. The standard InChI is InChI=1S/C18H21BrN4O6/c1-9-21-11-7-10(19)8-13(23(27)28)15(11)17(26)22(9)12(16(20)25)5-6-14(24)29-18(2,3)4/h7-8,12H,5-6H2,1-4H3,(H2,20,25). The van der Waals surface area contributed by atoms with Gasteiger partial charge in [-0.1, -0.05) is 15.9 Å². The quantitative estimate of drug-likeness (QED) is 0.388. The second-order valence-electron chi connectivity index (χ2n) is 7.45. The Morgan fingerprint density at radius 2 is 2.00 bits per heavy atom. The minimum atomic E-state index is -1.21. The van der Waals surface area contributed by atoms with Crippen LogP contribution < -0.4 is 11.3 Å². The van der Waals surface area contributed by atoms with Gasteiger partial charge in [0.25, 0.3) is 11.2 Å². The Labute approximate surface area is 174 Å². The molecular formula is C18H21BrN4O6. The first-order valence-electron chi connectivity index (χ1n) is 8.69. The lowest BCUT2D eigenvalue weighted by molar-refractivity contribution is -0.383. The fraction of sp³-hybridized carbons (Fsp3) is 0.444. The number of hydrogen-bond donors (Lipinski definition) is 1. The summed E-state index contributed by atoms with van der Waals surface area (Å²) in [5.41, 5.74) is 3.65. The fourth-order valence-corrected chi connectivity index (χ4v) is 3.37. The molecule has 156 valence electrons. The molecule has 0 spiro atoms. The van der Waals surface area contributed by atoms with Gasteiger partial charge in [-0.2, -0.15) is 0 Å². The molecule has 2 N–H and O–H groups in total. The van der Waals surface area contributed by atoms with Crippen LogP contribution in [0.3, 0.4) is 0 Å². The second kappa shape index (κ2) is 8.27. The van der Waals surface area contributed by atoms with Crippen molar-refractivity contribution in [2.24, 2.45) is 5.73 Å². The highest BCUT2D eigenvalue weighted by molar-refractivity contribution is 9.10. The van der Waals surface area contributed by atoms with Crippen LogP contribution in [0.2, 0.25) is 0 Å². The summed E-state index contributed by atoms with van der Waals surface area (Å²) < 4.78 is 6.59. The van der Waals surface area contributed by atoms with Gasteiger partial charge in [0.15, 0.2) is 0 Å². The highest BCUT2D eigenvalue weighted by Crippen LogP contribution is 2.28. The van der Waals surface area contributed by atoms with Crippen molar-refractivity contribution >= 4 is 44.4 Å². The first kappa shape index (κ1) is 22.5. The van der Waals surface area contributed by atoms with E-state index >= 15 is 0 Å². The predicted octanol–water partition coefficient (Wildman–Crippen LogP) is 2.52. The van der Waals surface area contributed by atoms with E-state index in [1.807, 2.05) is 0 Å². The maximum absolute atomic E-state index is 13.1. The number of primary amides is 1. The van der Waals surface area contributed by atoms with E-state index in [1.165, 1.54) is 19.1 Å². The van der Waals surface area contributed by atoms with Crippen LogP contribution in [-0.2, 0) is 14.3 Å². The molecule has 0 radical (unpaired) electrons. The first-order chi connectivity index (χ1) is 13.3. The van der Waals surface area contributed by atoms with Gasteiger partial charge in [-0.25, -0.2) is 4.98 Å². The maximum Gasteiger partial charge on any atom is 0.306 e. The Bertz CT molecular complexity index is 1060. The van der Waals surface area contributed by atoms with Crippen molar-refractivity contribution in [3.05, 3.63) is 42.9 Å². The summed E-state index contributed by atoms with van der Waals surface area (Å²) in [6.45, 7) is 6.60. The Morgan fingerprint density at radius 3 is 2.52 bits per heavy atom. The number of fused-ring (bicyclic) bond motifs is 1. The minimum Gasteiger partial charge on any atom is -0.460 e. The number of benzene rings is 1. The summed E-state index contributed by atoms with van der Waals surface area (Å²) in [6.07, 6.45) is -0.278. The SMILES string of the molecule is Cc1nc2cc(Br)cc([N+](=O)[O-])c2c(=O)n1C(CCC(=O)OC(C)(C)C)C(N)=O. The second-order valence-corrected chi connectivity index (χ2v) is 8.37. The van der Waals surface area contributed by atoms with Crippen LogP contribution in [-0.4, -0.2) is 32.0 Å². The number of amides is 1. The molecule has 2 aromatic rings. The number of nitrogens with zero attached hydrogens (tertiary/aromatic N) is 3. The van der Waals surface area contributed by atoms with Crippen LogP contribution in [0.4, 0.5) is 5.69 Å². The van der Waals surface area contributed by atoms with E-state index in [0.29, 0.717) is 4.47 Å². The molecule has 1 amide bonds. The van der Waals surface area contributed by atoms with Crippen molar-refractivity contribution in [2.45, 2.75) is 52.2 Å². The van der Waals surface area contributed by atoms with Crippen LogP contribution in [0.5, 0.6) is 0 Å². The van der Waals surface area contributed by atoms with Crippen LogP contribution in [0.1, 0.15) is 45.5 Å². The van der Waals surface area contributed by atoms with Gasteiger partial charge in [-0.3, -0.25) is 29.1 Å². The molecule has 1 unspecified atom stereocenters. The average Bonchev–Trinajstić information content (AvgIpc) is 2.54. The predicted molar refractivity (Wildman–Crippen MR) is 108 cm³/mol. The molecular weight excluding hydrogens is 448 g/mol. The molecule has 0 saturated heterocycles. The number of halogens is 1. The van der Waals surface area contributed by atoms with Crippen LogP contribution in [0.15, 0.2) is 21.4 Å². The number of nitro groups is 1. The minimum absolute atomic E-state index is 0.109. The Hall–Kier alpha value is -2.82. The number of carbonyl (C=O) groups is 2. The molecule has 11 heteroatoms. The van der Waals surface area contributed by atoms with Crippen molar-refractivity contribution in [1.82, 2.24) is 9.55 Å². The molecule has 1 aromatic heterocycles. The Morgan fingerprint density at radius 1 is 1.38 bits per heavy atom. The summed E-state index contributed by atoms with van der Waals surface area (Å²) in [5, 5.41) is 11.2. The Balaban J connectivity index is 2.56. The lowest BCUT2D eigenvalue weighted by Gasteiger charge is -2.22. The summed E-state index contributed by atoms with van der Waals surface area (Å²) in [5.74, 6) is -1.28. The first-order valence-corrected chi connectivity index (χ1v) is 9.49. The largest absolute Gasteiger partial charge is 0.460 e. The van der Waals surface area contributed by atoms with Gasteiger partial charge in [0.2, 0.25) is 5.91 Å². The zero-order chi connectivity index (χ0) is 22.1. The summed E-state index contributed by atoms with van der Waals surface area (Å²) >= 11 is 3.16. The van der Waals surface area contributed by atoms with Gasteiger partial charge in [0.05, 0.1) is 10.4 Å². The van der Waals surface area contributed by atoms with Gasteiger partial charge in [-0.15, -0.1) is 0 Å². The molecule has 1 atom stereocenters. The summed E-state index contributed by atoms with van der Waals surface area (Å²) in [7, 11) is 0. The van der Waals surface area contributed by atoms with Crippen molar-refractivity contribution < 1.29 is 19.2 Å². The number of rotatable bonds is 6. The monoisotopic (exact) mass is 468 g/mol. The topological polar surface area (TPSA) is 147 Å². The smallest absolute Gasteiger partial charge is 0.306 e. The number of esters is 1. The number of nitro benzene ring substituents is 1. The van der Waals surface area contributed by atoms with E-state index in [2.05, 4.69) is 20.9 Å². The van der Waals surface area contributed by atoms with E-state index in [1.54, 1.807) is 20.8 Å². The van der Waals surface area contributed by atoms with E-state index in [4.69, 9.17) is 10.5 Å². The van der Waals surface area contributed by atoms with E-state index in [0.717, 1.165) is 4.57 Å². The van der Waals surface area contributed by atoms with Crippen molar-refractivity contribution in [3.63, 3.8) is 0 Å². The number of aryl methyl sites for hydroxylation is 1. The molecule has 0 saturated carbocycles. The lowest BCUT2D eigenvalue weighted by Crippen LogP contribution is -2.36. The molecule has 0 bridgehead atoms. The highest BCUT2D eigenvalue weighted by atomic mass is 79.9. The highest BCUT2D eigenvalue weighted by Gasteiger charge is 2.27. The third-order valence-electron chi connectivity index (χ3n) is 4.00. The van der Waals surface area contributed by atoms with E-state index in [9.17, 15) is 24.5 Å². The third-order valence-corrected chi connectivity index (χ3v) is 4.46. The number of aromatic nitrogens is 2. The van der Waals surface area contributed by atoms with Gasteiger partial charge in [0.1, 0.15) is 22.9 Å². The summed E-state index contributed by atoms with van der Waals surface area (Å²) in [4.78, 5) is 52.1. The third kappa shape index (κ3) is 5.17. The molecule has 1 aromatic carbocycles. The van der Waals surface area contributed by atoms with Crippen molar-refractivity contribution in [2.75, 3.05) is 0 Å². The molecule has 0 aliphatic rings. The van der Waals surface area contributed by atoms with E-state index in [-0.39, 0.29) is 29.6 Å². The number of carbonyl (C=O) groups excluding carboxylic acids is 2. The zero-order valence-corrected chi connectivity index (χ0v) is 18.0. The van der Waals surface area contributed by atoms with Crippen LogP contribution in [0.25, 0.3) is 10.9 Å². The molecule has 0 aliphatic carbocycles. The normalized spacial score (nSPS) is 12.6. The maximum atomic E-state index is 13.1. The fourth-order valence-electron chi connectivity index (χ4n) is 2.94. The summed E-state index contributed by atoms with van der Waals surface area (Å²) in [6, 6.07) is 1.45. The van der Waals surface area contributed by atoms with Gasteiger partial charge >= 0.3 is 5.97 Å². The zero-order valence-electron chi connectivity index (χ0n) is 16.4. The van der Waals surface area contributed by atoms with E-state index < -0.39 is 39.7 Å². The Kier molecular flexibility index (Phi) is 6.41. The molecule has 10 nitrogen and oxygen atoms in total. The van der Waals surface area contributed by atoms with Crippen molar-refractivity contribution in [3.8, 4) is 0 Å². The van der Waals surface area contributed by atoms with Crippen LogP contribution >= 0.6 is 15.9 Å². The van der Waals surface area contributed by atoms with Crippen molar-refractivity contribution in [1.29, 1.82) is 0 Å². The van der Waals surface area contributed by atoms with Gasteiger partial charge in [0, 0.05) is 17.0 Å². The molecule has 1 heterocycles. The number of nitrogens with two attached hydrogens (primary N) is 1.